The van der Waals surface area contributed by atoms with Gasteiger partial charge in [0.15, 0.2) is 0 Å². The van der Waals surface area contributed by atoms with Gasteiger partial charge in [-0.1, -0.05) is 6.92 Å². The van der Waals surface area contributed by atoms with E-state index in [4.69, 9.17) is 4.74 Å². The molecule has 0 saturated heterocycles. The number of likely N-dealkylation sites (N-methyl/N-ethyl adjacent to an activating group) is 1. The lowest BCUT2D eigenvalue weighted by Gasteiger charge is -2.14. The number of methoxy groups -OCH3 is 1. The van der Waals surface area contributed by atoms with E-state index < -0.39 is 0 Å². The van der Waals surface area contributed by atoms with Crippen LogP contribution < -0.4 is 5.32 Å². The summed E-state index contributed by atoms with van der Waals surface area (Å²) in [6.45, 7) is 5.13. The van der Waals surface area contributed by atoms with Crippen LogP contribution in [0, 0.1) is 0 Å². The average Bonchev–Trinajstić information content (AvgIpc) is 2.82. The van der Waals surface area contributed by atoms with Gasteiger partial charge in [0.25, 0.3) is 0 Å². The first kappa shape index (κ1) is 14.2. The molecule has 4 heteroatoms. The first-order chi connectivity index (χ1) is 8.21. The predicted molar refractivity (Wildman–Crippen MR) is 70.3 cm³/mol. The van der Waals surface area contributed by atoms with Gasteiger partial charge in [-0.05, 0) is 39.3 Å². The fourth-order valence-corrected chi connectivity index (χ4v) is 1.78. The molecule has 98 valence electrons. The molecular formula is C13H25N3O. The van der Waals surface area contributed by atoms with E-state index >= 15 is 0 Å². The first-order valence-corrected chi connectivity index (χ1v) is 6.41. The van der Waals surface area contributed by atoms with E-state index in [0.29, 0.717) is 12.1 Å². The van der Waals surface area contributed by atoms with Crippen LogP contribution in [0.25, 0.3) is 0 Å². The molecule has 0 radical (unpaired) electrons. The third-order valence-electron chi connectivity index (χ3n) is 3.23. The molecule has 0 aliphatic carbocycles. The lowest BCUT2D eigenvalue weighted by Crippen LogP contribution is -2.30. The van der Waals surface area contributed by atoms with Crippen LogP contribution in [0.4, 0.5) is 0 Å². The maximum atomic E-state index is 5.16. The van der Waals surface area contributed by atoms with Crippen molar-refractivity contribution in [2.45, 2.75) is 45.2 Å². The van der Waals surface area contributed by atoms with E-state index in [9.17, 15) is 0 Å². The van der Waals surface area contributed by atoms with Crippen LogP contribution in [0.1, 0.15) is 38.4 Å². The summed E-state index contributed by atoms with van der Waals surface area (Å²) in [5.41, 5.74) is 1.17. The minimum Gasteiger partial charge on any atom is -0.383 e. The second kappa shape index (κ2) is 7.45. The Bertz CT molecular complexity index is 311. The first-order valence-electron chi connectivity index (χ1n) is 6.41. The molecule has 0 spiro atoms. The molecule has 2 unspecified atom stereocenters. The van der Waals surface area contributed by atoms with Crippen molar-refractivity contribution < 1.29 is 4.74 Å². The maximum absolute atomic E-state index is 5.16. The summed E-state index contributed by atoms with van der Waals surface area (Å²) in [7, 11) is 3.71. The van der Waals surface area contributed by atoms with Crippen molar-refractivity contribution in [3.05, 3.63) is 18.0 Å². The second-order valence-corrected chi connectivity index (χ2v) is 4.52. The van der Waals surface area contributed by atoms with Crippen molar-refractivity contribution in [3.8, 4) is 0 Å². The smallest absolute Gasteiger partial charge is 0.0625 e. The summed E-state index contributed by atoms with van der Waals surface area (Å²) in [6, 6.07) is 3.02. The van der Waals surface area contributed by atoms with E-state index in [0.717, 1.165) is 25.9 Å². The van der Waals surface area contributed by atoms with Gasteiger partial charge < -0.3 is 10.1 Å². The minimum absolute atomic E-state index is 0.411. The highest BCUT2D eigenvalue weighted by Gasteiger charge is 2.08. The van der Waals surface area contributed by atoms with Crippen molar-refractivity contribution in [2.75, 3.05) is 20.8 Å². The number of hydrogen-bond acceptors (Lipinski definition) is 3. The molecule has 2 atom stereocenters. The van der Waals surface area contributed by atoms with Crippen LogP contribution in [-0.4, -0.2) is 36.6 Å². The number of nitrogens with zero attached hydrogens (tertiary/aromatic N) is 2. The topological polar surface area (TPSA) is 39.1 Å². The quantitative estimate of drug-likeness (QED) is 0.754. The van der Waals surface area contributed by atoms with Gasteiger partial charge in [0.1, 0.15) is 0 Å². The van der Waals surface area contributed by atoms with E-state index in [1.54, 1.807) is 7.11 Å². The van der Waals surface area contributed by atoms with Crippen LogP contribution in [0.5, 0.6) is 0 Å². The van der Waals surface area contributed by atoms with Crippen LogP contribution in [0.2, 0.25) is 0 Å². The molecule has 0 bridgehead atoms. The Hall–Kier alpha value is -0.870. The summed E-state index contributed by atoms with van der Waals surface area (Å²) in [5, 5.41) is 7.85. The molecule has 1 N–H and O–H groups in total. The third-order valence-corrected chi connectivity index (χ3v) is 3.23. The number of aryl methyl sites for hydroxylation is 1. The molecule has 1 aromatic heterocycles. The van der Waals surface area contributed by atoms with Crippen LogP contribution >= 0.6 is 0 Å². The Morgan fingerprint density at radius 3 is 2.88 bits per heavy atom. The molecule has 0 aliphatic rings. The summed E-state index contributed by atoms with van der Waals surface area (Å²) in [6.07, 6.45) is 5.25. The number of aromatic nitrogens is 2. The van der Waals surface area contributed by atoms with Gasteiger partial charge in [0.2, 0.25) is 0 Å². The van der Waals surface area contributed by atoms with Crippen LogP contribution in [0.3, 0.4) is 0 Å². The van der Waals surface area contributed by atoms with Crippen LogP contribution in [0.15, 0.2) is 12.3 Å². The molecule has 0 aliphatic heterocycles. The summed E-state index contributed by atoms with van der Waals surface area (Å²) in [4.78, 5) is 0. The zero-order chi connectivity index (χ0) is 12.7. The van der Waals surface area contributed by atoms with Gasteiger partial charge in [-0.25, -0.2) is 0 Å². The van der Waals surface area contributed by atoms with Gasteiger partial charge in [0.05, 0.1) is 12.3 Å². The zero-order valence-electron chi connectivity index (χ0n) is 11.4. The van der Waals surface area contributed by atoms with E-state index in [1.165, 1.54) is 5.69 Å². The Balaban J connectivity index is 2.43. The van der Waals surface area contributed by atoms with Crippen molar-refractivity contribution in [3.63, 3.8) is 0 Å². The van der Waals surface area contributed by atoms with E-state index in [1.807, 2.05) is 7.05 Å². The normalized spacial score (nSPS) is 14.8. The van der Waals surface area contributed by atoms with Crippen LogP contribution in [-0.2, 0) is 11.2 Å². The lowest BCUT2D eigenvalue weighted by atomic mass is 10.1. The Morgan fingerprint density at radius 2 is 2.29 bits per heavy atom. The molecule has 0 amide bonds. The van der Waals surface area contributed by atoms with Crippen molar-refractivity contribution in [1.82, 2.24) is 15.1 Å². The Labute approximate surface area is 104 Å². The molecule has 17 heavy (non-hydrogen) atoms. The molecule has 0 aromatic carbocycles. The van der Waals surface area contributed by atoms with Gasteiger partial charge >= 0.3 is 0 Å². The SMILES string of the molecule is CCC(C)n1ccc(CCC(COC)NC)n1. The van der Waals surface area contributed by atoms with Gasteiger partial charge in [0, 0.05) is 25.4 Å². The number of nitrogens with one attached hydrogen (secondary N) is 1. The standard InChI is InChI=1S/C13H25N3O/c1-5-11(2)16-9-8-12(15-16)6-7-13(14-3)10-17-4/h8-9,11,13-14H,5-7,10H2,1-4H3. The monoisotopic (exact) mass is 239 g/mol. The molecule has 1 rings (SSSR count). The fraction of sp³-hybridized carbons (Fsp3) is 0.769. The highest BCUT2D eigenvalue weighted by molar-refractivity contribution is 5.00. The summed E-state index contributed by atoms with van der Waals surface area (Å²) < 4.78 is 7.21. The van der Waals surface area contributed by atoms with Crippen molar-refractivity contribution in [1.29, 1.82) is 0 Å². The zero-order valence-corrected chi connectivity index (χ0v) is 11.4. The molecular weight excluding hydrogens is 214 g/mol. The summed E-state index contributed by atoms with van der Waals surface area (Å²) >= 11 is 0. The Kier molecular flexibility index (Phi) is 6.22. The average molecular weight is 239 g/mol. The largest absolute Gasteiger partial charge is 0.383 e. The number of rotatable bonds is 8. The molecule has 1 heterocycles. The third kappa shape index (κ3) is 4.48. The maximum Gasteiger partial charge on any atom is 0.0625 e. The van der Waals surface area contributed by atoms with E-state index in [-0.39, 0.29) is 0 Å². The lowest BCUT2D eigenvalue weighted by molar-refractivity contribution is 0.166. The Morgan fingerprint density at radius 1 is 1.53 bits per heavy atom. The van der Waals surface area contributed by atoms with E-state index in [2.05, 4.69) is 41.2 Å². The molecule has 0 saturated carbocycles. The second-order valence-electron chi connectivity index (χ2n) is 4.52. The molecule has 1 aromatic rings. The fourth-order valence-electron chi connectivity index (χ4n) is 1.78. The number of hydrogen-bond donors (Lipinski definition) is 1. The summed E-state index contributed by atoms with van der Waals surface area (Å²) in [5.74, 6) is 0. The minimum atomic E-state index is 0.411. The van der Waals surface area contributed by atoms with Gasteiger partial charge in [-0.15, -0.1) is 0 Å². The van der Waals surface area contributed by atoms with Crippen molar-refractivity contribution in [2.24, 2.45) is 0 Å². The van der Waals surface area contributed by atoms with Crippen molar-refractivity contribution >= 4 is 0 Å². The van der Waals surface area contributed by atoms with Gasteiger partial charge in [-0.2, -0.15) is 5.10 Å². The molecule has 0 fully saturated rings. The predicted octanol–water partition coefficient (Wildman–Crippen LogP) is 2.02. The number of ether oxygens (including phenoxy) is 1. The van der Waals surface area contributed by atoms with Gasteiger partial charge in [-0.3, -0.25) is 4.68 Å². The molecule has 4 nitrogen and oxygen atoms in total. The highest BCUT2D eigenvalue weighted by Crippen LogP contribution is 2.10. The highest BCUT2D eigenvalue weighted by atomic mass is 16.5.